The molecule has 0 radical (unpaired) electrons. The van der Waals surface area contributed by atoms with Gasteiger partial charge >= 0.3 is 0 Å². The first-order chi connectivity index (χ1) is 9.60. The first-order valence-electron chi connectivity index (χ1n) is 6.87. The van der Waals surface area contributed by atoms with Crippen LogP contribution in [0.1, 0.15) is 16.7 Å². The minimum absolute atomic E-state index is 0.203. The van der Waals surface area contributed by atoms with E-state index >= 15 is 0 Å². The van der Waals surface area contributed by atoms with Crippen LogP contribution in [0.2, 0.25) is 0 Å². The van der Waals surface area contributed by atoms with E-state index in [0.29, 0.717) is 6.54 Å². The predicted molar refractivity (Wildman–Crippen MR) is 82.4 cm³/mol. The average molecular weight is 272 g/mol. The first-order valence-corrected chi connectivity index (χ1v) is 6.87. The second-order valence-corrected chi connectivity index (χ2v) is 5.11. The molecule has 20 heavy (non-hydrogen) atoms. The summed E-state index contributed by atoms with van der Waals surface area (Å²) >= 11 is 0. The van der Waals surface area contributed by atoms with Crippen LogP contribution in [-0.2, 0) is 6.54 Å². The smallest absolute Gasteiger partial charge is 0.123 e. The van der Waals surface area contributed by atoms with Gasteiger partial charge in [0.15, 0.2) is 0 Å². The van der Waals surface area contributed by atoms with Crippen LogP contribution >= 0.6 is 0 Å². The Morgan fingerprint density at radius 1 is 1.00 bits per heavy atom. The van der Waals surface area contributed by atoms with Crippen molar-refractivity contribution in [2.75, 3.05) is 18.0 Å². The average Bonchev–Trinajstić information content (AvgIpc) is 2.44. The Hall–Kier alpha value is -1.87. The molecule has 0 unspecified atom stereocenters. The van der Waals surface area contributed by atoms with E-state index in [9.17, 15) is 4.39 Å². The summed E-state index contributed by atoms with van der Waals surface area (Å²) in [6.07, 6.45) is 0. The minimum atomic E-state index is -0.203. The molecule has 0 amide bonds. The van der Waals surface area contributed by atoms with E-state index < -0.39 is 0 Å². The molecule has 0 bridgehead atoms. The van der Waals surface area contributed by atoms with Crippen molar-refractivity contribution in [2.45, 2.75) is 20.4 Å². The van der Waals surface area contributed by atoms with Gasteiger partial charge in [0.25, 0.3) is 0 Å². The van der Waals surface area contributed by atoms with Crippen molar-refractivity contribution in [2.24, 2.45) is 5.73 Å². The molecule has 0 aliphatic carbocycles. The maximum Gasteiger partial charge on any atom is 0.123 e. The molecule has 0 atom stereocenters. The van der Waals surface area contributed by atoms with E-state index in [2.05, 4.69) is 36.9 Å². The summed E-state index contributed by atoms with van der Waals surface area (Å²) in [5, 5.41) is 0. The van der Waals surface area contributed by atoms with Gasteiger partial charge in [0.05, 0.1) is 0 Å². The van der Waals surface area contributed by atoms with E-state index in [1.807, 2.05) is 12.1 Å². The van der Waals surface area contributed by atoms with Crippen LogP contribution in [0.4, 0.5) is 10.1 Å². The van der Waals surface area contributed by atoms with Crippen molar-refractivity contribution in [3.05, 3.63) is 65.0 Å². The molecule has 0 heterocycles. The van der Waals surface area contributed by atoms with Gasteiger partial charge < -0.3 is 10.6 Å². The van der Waals surface area contributed by atoms with Gasteiger partial charge in [0, 0.05) is 25.3 Å². The van der Waals surface area contributed by atoms with Gasteiger partial charge in [-0.1, -0.05) is 18.2 Å². The van der Waals surface area contributed by atoms with Crippen LogP contribution in [0.5, 0.6) is 0 Å². The highest BCUT2D eigenvalue weighted by molar-refractivity contribution is 5.51. The van der Waals surface area contributed by atoms with Crippen LogP contribution in [0.3, 0.4) is 0 Å². The maximum absolute atomic E-state index is 13.0. The highest BCUT2D eigenvalue weighted by Gasteiger charge is 2.08. The highest BCUT2D eigenvalue weighted by atomic mass is 19.1. The van der Waals surface area contributed by atoms with Crippen LogP contribution in [0.25, 0.3) is 0 Å². The fourth-order valence-electron chi connectivity index (χ4n) is 2.19. The Kier molecular flexibility index (Phi) is 4.74. The standard InChI is InChI=1S/C17H21FN2/c1-13-3-8-17(11-14(13)2)20(10-9-19)12-15-4-6-16(18)7-5-15/h3-8,11H,9-10,12,19H2,1-2H3. The predicted octanol–water partition coefficient (Wildman–Crippen LogP) is 3.41. The number of anilines is 1. The lowest BCUT2D eigenvalue weighted by molar-refractivity contribution is 0.626. The third kappa shape index (κ3) is 3.58. The Bertz CT molecular complexity index is 564. The van der Waals surface area contributed by atoms with Crippen molar-refractivity contribution in [1.29, 1.82) is 0 Å². The SMILES string of the molecule is Cc1ccc(N(CCN)Cc2ccc(F)cc2)cc1C. The zero-order valence-corrected chi connectivity index (χ0v) is 12.1. The molecule has 0 fully saturated rings. The zero-order valence-electron chi connectivity index (χ0n) is 12.1. The summed E-state index contributed by atoms with van der Waals surface area (Å²) in [7, 11) is 0. The fraction of sp³-hybridized carbons (Fsp3) is 0.294. The molecule has 2 aromatic rings. The zero-order chi connectivity index (χ0) is 14.5. The second-order valence-electron chi connectivity index (χ2n) is 5.11. The summed E-state index contributed by atoms with van der Waals surface area (Å²) in [5.41, 5.74) is 10.5. The minimum Gasteiger partial charge on any atom is -0.366 e. The number of nitrogens with zero attached hydrogens (tertiary/aromatic N) is 1. The summed E-state index contributed by atoms with van der Waals surface area (Å²) in [5.74, 6) is -0.203. The van der Waals surface area contributed by atoms with Crippen LogP contribution in [-0.4, -0.2) is 13.1 Å². The van der Waals surface area contributed by atoms with Gasteiger partial charge in [-0.05, 0) is 54.8 Å². The van der Waals surface area contributed by atoms with Crippen LogP contribution < -0.4 is 10.6 Å². The second kappa shape index (κ2) is 6.53. The number of rotatable bonds is 5. The number of hydrogen-bond acceptors (Lipinski definition) is 2. The molecule has 3 heteroatoms. The Morgan fingerprint density at radius 3 is 2.30 bits per heavy atom. The van der Waals surface area contributed by atoms with Crippen LogP contribution in [0, 0.1) is 19.7 Å². The molecular weight excluding hydrogens is 251 g/mol. The number of hydrogen-bond donors (Lipinski definition) is 1. The van der Waals surface area contributed by atoms with Crippen molar-refractivity contribution in [3.63, 3.8) is 0 Å². The van der Waals surface area contributed by atoms with Gasteiger partial charge in [0.1, 0.15) is 5.82 Å². The van der Waals surface area contributed by atoms with Gasteiger partial charge in [-0.3, -0.25) is 0 Å². The van der Waals surface area contributed by atoms with Crippen LogP contribution in [0.15, 0.2) is 42.5 Å². The van der Waals surface area contributed by atoms with E-state index in [4.69, 9.17) is 5.73 Å². The molecule has 0 saturated carbocycles. The summed E-state index contributed by atoms with van der Waals surface area (Å²) in [4.78, 5) is 2.22. The molecule has 2 nitrogen and oxygen atoms in total. The molecule has 106 valence electrons. The summed E-state index contributed by atoms with van der Waals surface area (Å²) in [6.45, 7) is 6.32. The molecule has 0 aliphatic rings. The highest BCUT2D eigenvalue weighted by Crippen LogP contribution is 2.20. The third-order valence-electron chi connectivity index (χ3n) is 3.54. The molecule has 2 aromatic carbocycles. The van der Waals surface area contributed by atoms with Gasteiger partial charge in [-0.15, -0.1) is 0 Å². The van der Waals surface area contributed by atoms with Crippen molar-refractivity contribution < 1.29 is 4.39 Å². The Balaban J connectivity index is 2.21. The fourth-order valence-corrected chi connectivity index (χ4v) is 2.19. The first kappa shape index (κ1) is 14.5. The maximum atomic E-state index is 13.0. The molecule has 0 aliphatic heterocycles. The Labute approximate surface area is 120 Å². The number of nitrogens with two attached hydrogens (primary N) is 1. The monoisotopic (exact) mass is 272 g/mol. The summed E-state index contributed by atoms with van der Waals surface area (Å²) < 4.78 is 13.0. The number of aryl methyl sites for hydroxylation is 2. The number of benzene rings is 2. The molecule has 0 saturated heterocycles. The van der Waals surface area contributed by atoms with Gasteiger partial charge in [-0.2, -0.15) is 0 Å². The van der Waals surface area contributed by atoms with Crippen molar-refractivity contribution in [1.82, 2.24) is 0 Å². The molecular formula is C17H21FN2. The van der Waals surface area contributed by atoms with Gasteiger partial charge in [0.2, 0.25) is 0 Å². The topological polar surface area (TPSA) is 29.3 Å². The Morgan fingerprint density at radius 2 is 1.70 bits per heavy atom. The molecule has 2 rings (SSSR count). The van der Waals surface area contributed by atoms with Crippen molar-refractivity contribution in [3.8, 4) is 0 Å². The lowest BCUT2D eigenvalue weighted by Crippen LogP contribution is -2.29. The quantitative estimate of drug-likeness (QED) is 0.903. The number of halogens is 1. The van der Waals surface area contributed by atoms with Gasteiger partial charge in [-0.25, -0.2) is 4.39 Å². The molecule has 2 N–H and O–H groups in total. The summed E-state index contributed by atoms with van der Waals surface area (Å²) in [6, 6.07) is 13.0. The van der Waals surface area contributed by atoms with E-state index in [1.54, 1.807) is 0 Å². The molecule has 0 aromatic heterocycles. The largest absolute Gasteiger partial charge is 0.366 e. The normalized spacial score (nSPS) is 10.6. The third-order valence-corrected chi connectivity index (χ3v) is 3.54. The van der Waals surface area contributed by atoms with E-state index in [1.165, 1.54) is 23.3 Å². The van der Waals surface area contributed by atoms with E-state index in [-0.39, 0.29) is 5.82 Å². The van der Waals surface area contributed by atoms with E-state index in [0.717, 1.165) is 24.3 Å². The van der Waals surface area contributed by atoms with Crippen molar-refractivity contribution >= 4 is 5.69 Å². The lowest BCUT2D eigenvalue weighted by atomic mass is 10.1. The molecule has 0 spiro atoms. The lowest BCUT2D eigenvalue weighted by Gasteiger charge is -2.25.